The van der Waals surface area contributed by atoms with Crippen LogP contribution < -0.4 is 4.90 Å². The fraction of sp³-hybridized carbons (Fsp3) is 0.692. The van der Waals surface area contributed by atoms with E-state index in [2.05, 4.69) is 33.6 Å². The first-order chi connectivity index (χ1) is 9.17. The molecule has 1 aromatic heterocycles. The van der Waals surface area contributed by atoms with Crippen LogP contribution in [0.15, 0.2) is 11.2 Å². The molecule has 1 fully saturated rings. The summed E-state index contributed by atoms with van der Waals surface area (Å²) in [6.45, 7) is 8.73. The Morgan fingerprint density at radius 1 is 1.42 bits per heavy atom. The predicted octanol–water partition coefficient (Wildman–Crippen LogP) is 2.77. The molecule has 1 unspecified atom stereocenters. The highest BCUT2D eigenvalue weighted by Gasteiger charge is 2.27. The van der Waals surface area contributed by atoms with Crippen molar-refractivity contribution in [3.63, 3.8) is 0 Å². The highest BCUT2D eigenvalue weighted by atomic mass is 35.5. The Morgan fingerprint density at radius 2 is 2.16 bits per heavy atom. The molecule has 2 heterocycles. The molecule has 0 aliphatic carbocycles. The SMILES string of the molecule is CCN(CC)C1CCN(c2cc(Cl)nc(SC)n2)C1. The topological polar surface area (TPSA) is 32.3 Å². The summed E-state index contributed by atoms with van der Waals surface area (Å²) >= 11 is 7.59. The number of anilines is 1. The first kappa shape index (κ1) is 14.9. The van der Waals surface area contributed by atoms with Crippen LogP contribution in [-0.2, 0) is 0 Å². The number of hydrogen-bond acceptors (Lipinski definition) is 5. The van der Waals surface area contributed by atoms with E-state index in [-0.39, 0.29) is 0 Å². The second kappa shape index (κ2) is 6.77. The smallest absolute Gasteiger partial charge is 0.190 e. The van der Waals surface area contributed by atoms with E-state index in [1.807, 2.05) is 12.3 Å². The van der Waals surface area contributed by atoms with Gasteiger partial charge in [0.15, 0.2) is 5.16 Å². The molecule has 1 aliphatic heterocycles. The average molecular weight is 301 g/mol. The van der Waals surface area contributed by atoms with Crippen LogP contribution in [0.4, 0.5) is 5.82 Å². The zero-order chi connectivity index (χ0) is 13.8. The monoisotopic (exact) mass is 300 g/mol. The van der Waals surface area contributed by atoms with E-state index < -0.39 is 0 Å². The third kappa shape index (κ3) is 3.52. The largest absolute Gasteiger partial charge is 0.355 e. The molecule has 1 aliphatic rings. The van der Waals surface area contributed by atoms with Gasteiger partial charge in [-0.25, -0.2) is 9.97 Å². The Morgan fingerprint density at radius 3 is 2.79 bits per heavy atom. The number of halogens is 1. The van der Waals surface area contributed by atoms with E-state index in [0.717, 1.165) is 37.2 Å². The molecule has 0 amide bonds. The van der Waals surface area contributed by atoms with E-state index in [1.165, 1.54) is 18.2 Å². The standard InChI is InChI=1S/C13H21ClN4S/c1-4-17(5-2)10-6-7-18(9-10)12-8-11(14)15-13(16-12)19-3/h8,10H,4-7,9H2,1-3H3. The molecule has 0 saturated carbocycles. The van der Waals surface area contributed by atoms with Crippen LogP contribution in [-0.4, -0.2) is 53.3 Å². The van der Waals surface area contributed by atoms with Crippen molar-refractivity contribution < 1.29 is 0 Å². The van der Waals surface area contributed by atoms with Crippen LogP contribution in [0.5, 0.6) is 0 Å². The number of rotatable bonds is 5. The number of likely N-dealkylation sites (N-methyl/N-ethyl adjacent to an activating group) is 1. The van der Waals surface area contributed by atoms with Crippen LogP contribution in [0.3, 0.4) is 0 Å². The lowest BCUT2D eigenvalue weighted by Crippen LogP contribution is -2.37. The maximum atomic E-state index is 6.06. The molecular formula is C13H21ClN4S. The maximum Gasteiger partial charge on any atom is 0.190 e. The van der Waals surface area contributed by atoms with Gasteiger partial charge in [-0.2, -0.15) is 0 Å². The summed E-state index contributed by atoms with van der Waals surface area (Å²) < 4.78 is 0. The van der Waals surface area contributed by atoms with Crippen molar-refractivity contribution in [1.82, 2.24) is 14.9 Å². The number of nitrogens with zero attached hydrogens (tertiary/aromatic N) is 4. The number of aromatic nitrogens is 2. The van der Waals surface area contributed by atoms with Crippen LogP contribution in [0.2, 0.25) is 5.15 Å². The first-order valence-electron chi connectivity index (χ1n) is 6.75. The summed E-state index contributed by atoms with van der Waals surface area (Å²) in [7, 11) is 0. The van der Waals surface area contributed by atoms with Crippen molar-refractivity contribution in [3.05, 3.63) is 11.2 Å². The predicted molar refractivity (Wildman–Crippen MR) is 82.4 cm³/mol. The Bertz CT molecular complexity index is 425. The molecule has 0 N–H and O–H groups in total. The second-order valence-corrected chi connectivity index (χ2v) is 5.81. The molecule has 106 valence electrons. The molecule has 2 rings (SSSR count). The third-order valence-corrected chi connectivity index (χ3v) is 4.40. The Balaban J connectivity index is 2.10. The van der Waals surface area contributed by atoms with Gasteiger partial charge in [-0.05, 0) is 25.8 Å². The van der Waals surface area contributed by atoms with Crippen LogP contribution in [0, 0.1) is 0 Å². The van der Waals surface area contributed by atoms with E-state index in [4.69, 9.17) is 11.6 Å². The van der Waals surface area contributed by atoms with Crippen LogP contribution >= 0.6 is 23.4 Å². The molecule has 4 nitrogen and oxygen atoms in total. The van der Waals surface area contributed by atoms with E-state index in [9.17, 15) is 0 Å². The summed E-state index contributed by atoms with van der Waals surface area (Å²) in [5, 5.41) is 1.27. The second-order valence-electron chi connectivity index (χ2n) is 4.65. The molecular weight excluding hydrogens is 280 g/mol. The molecule has 19 heavy (non-hydrogen) atoms. The van der Waals surface area contributed by atoms with E-state index >= 15 is 0 Å². The third-order valence-electron chi connectivity index (χ3n) is 3.66. The van der Waals surface area contributed by atoms with Gasteiger partial charge < -0.3 is 4.90 Å². The Labute approximate surface area is 124 Å². The molecule has 1 atom stereocenters. The zero-order valence-corrected chi connectivity index (χ0v) is 13.3. The average Bonchev–Trinajstić information content (AvgIpc) is 2.89. The van der Waals surface area contributed by atoms with Gasteiger partial charge in [0.1, 0.15) is 11.0 Å². The minimum Gasteiger partial charge on any atom is -0.355 e. The maximum absolute atomic E-state index is 6.06. The van der Waals surface area contributed by atoms with E-state index in [1.54, 1.807) is 0 Å². The Kier molecular flexibility index (Phi) is 5.30. The van der Waals surface area contributed by atoms with Crippen molar-refractivity contribution in [3.8, 4) is 0 Å². The molecule has 1 aromatic rings. The lowest BCUT2D eigenvalue weighted by Gasteiger charge is -2.26. The number of hydrogen-bond donors (Lipinski definition) is 0. The normalized spacial score (nSPS) is 19.4. The van der Waals surface area contributed by atoms with Crippen molar-refractivity contribution in [2.24, 2.45) is 0 Å². The summed E-state index contributed by atoms with van der Waals surface area (Å²) in [5.74, 6) is 0.957. The van der Waals surface area contributed by atoms with Crippen molar-refractivity contribution in [1.29, 1.82) is 0 Å². The van der Waals surface area contributed by atoms with E-state index in [0.29, 0.717) is 11.2 Å². The first-order valence-corrected chi connectivity index (χ1v) is 8.35. The minimum absolute atomic E-state index is 0.528. The van der Waals surface area contributed by atoms with Crippen molar-refractivity contribution in [2.75, 3.05) is 37.3 Å². The summed E-state index contributed by atoms with van der Waals surface area (Å²) in [6.07, 6.45) is 3.16. The van der Waals surface area contributed by atoms with Gasteiger partial charge in [-0.3, -0.25) is 4.90 Å². The molecule has 0 spiro atoms. The Hall–Kier alpha value is -0.520. The molecule has 0 aromatic carbocycles. The highest BCUT2D eigenvalue weighted by molar-refractivity contribution is 7.98. The van der Waals surface area contributed by atoms with Crippen molar-refractivity contribution in [2.45, 2.75) is 31.5 Å². The summed E-state index contributed by atoms with van der Waals surface area (Å²) in [5.41, 5.74) is 0. The van der Waals surface area contributed by atoms with Gasteiger partial charge in [-0.1, -0.05) is 37.2 Å². The van der Waals surface area contributed by atoms with Gasteiger partial charge in [0.05, 0.1) is 0 Å². The molecule has 1 saturated heterocycles. The van der Waals surface area contributed by atoms with Gasteiger partial charge in [0.2, 0.25) is 0 Å². The van der Waals surface area contributed by atoms with Gasteiger partial charge in [-0.15, -0.1) is 0 Å². The lowest BCUT2D eigenvalue weighted by molar-refractivity contribution is 0.232. The fourth-order valence-electron chi connectivity index (χ4n) is 2.63. The molecule has 0 bridgehead atoms. The quantitative estimate of drug-likeness (QED) is 0.474. The van der Waals surface area contributed by atoms with Crippen LogP contribution in [0.25, 0.3) is 0 Å². The summed E-state index contributed by atoms with van der Waals surface area (Å²) in [4.78, 5) is 13.6. The zero-order valence-electron chi connectivity index (χ0n) is 11.8. The van der Waals surface area contributed by atoms with Gasteiger partial charge >= 0.3 is 0 Å². The van der Waals surface area contributed by atoms with Gasteiger partial charge in [0.25, 0.3) is 0 Å². The summed E-state index contributed by atoms with van der Waals surface area (Å²) in [6, 6.07) is 2.49. The fourth-order valence-corrected chi connectivity index (χ4v) is 3.23. The van der Waals surface area contributed by atoms with Crippen molar-refractivity contribution >= 4 is 29.2 Å². The van der Waals surface area contributed by atoms with Crippen LogP contribution in [0.1, 0.15) is 20.3 Å². The molecule has 0 radical (unpaired) electrons. The molecule has 6 heteroatoms. The highest BCUT2D eigenvalue weighted by Crippen LogP contribution is 2.25. The lowest BCUT2D eigenvalue weighted by atomic mass is 10.2. The minimum atomic E-state index is 0.528. The number of thioether (sulfide) groups is 1. The van der Waals surface area contributed by atoms with Gasteiger partial charge in [0, 0.05) is 25.2 Å².